The van der Waals surface area contributed by atoms with Crippen LogP contribution in [0.2, 0.25) is 0 Å². The third-order valence-corrected chi connectivity index (χ3v) is 5.35. The average molecular weight is 423 g/mol. The van der Waals surface area contributed by atoms with Crippen LogP contribution < -0.4 is 10.6 Å². The van der Waals surface area contributed by atoms with E-state index in [2.05, 4.69) is 34.6 Å². The molecular weight excluding hydrogens is 388 g/mol. The van der Waals surface area contributed by atoms with Crippen LogP contribution in [0, 0.1) is 5.92 Å². The van der Waals surface area contributed by atoms with E-state index in [9.17, 15) is 4.79 Å². The quantitative estimate of drug-likeness (QED) is 0.480. The number of likely N-dealkylation sites (tertiary alicyclic amines) is 1. The molecule has 0 spiro atoms. The van der Waals surface area contributed by atoms with Crippen molar-refractivity contribution in [3.8, 4) is 0 Å². The van der Waals surface area contributed by atoms with E-state index >= 15 is 0 Å². The summed E-state index contributed by atoms with van der Waals surface area (Å²) in [5.74, 6) is 1.42. The highest BCUT2D eigenvalue weighted by atomic mass is 16.5. The first-order valence-corrected chi connectivity index (χ1v) is 11.2. The van der Waals surface area contributed by atoms with Gasteiger partial charge in [-0.3, -0.25) is 4.79 Å². The van der Waals surface area contributed by atoms with Gasteiger partial charge >= 0.3 is 0 Å². The van der Waals surface area contributed by atoms with Crippen LogP contribution in [0.15, 0.2) is 59.6 Å². The number of nitrogens with one attached hydrogen (secondary N) is 2. The monoisotopic (exact) mass is 422 g/mol. The molecule has 2 aromatic carbocycles. The summed E-state index contributed by atoms with van der Waals surface area (Å²) in [6.07, 6.45) is 1.11. The number of amides is 1. The SMILES string of the molecule is CCNC(=O)c1ccc(CN=C(NCC)N2CCC(COCc3ccccc3)C2)cc1. The van der Waals surface area contributed by atoms with Crippen LogP contribution in [0.3, 0.4) is 0 Å². The lowest BCUT2D eigenvalue weighted by atomic mass is 10.1. The van der Waals surface area contributed by atoms with Gasteiger partial charge in [-0.15, -0.1) is 0 Å². The molecule has 6 nitrogen and oxygen atoms in total. The van der Waals surface area contributed by atoms with Crippen molar-refractivity contribution in [3.05, 3.63) is 71.3 Å². The van der Waals surface area contributed by atoms with Gasteiger partial charge in [-0.2, -0.15) is 0 Å². The van der Waals surface area contributed by atoms with E-state index in [1.165, 1.54) is 5.56 Å². The Kier molecular flexibility index (Phi) is 8.91. The molecule has 1 heterocycles. The first-order valence-electron chi connectivity index (χ1n) is 11.2. The van der Waals surface area contributed by atoms with Crippen molar-refractivity contribution in [2.24, 2.45) is 10.9 Å². The van der Waals surface area contributed by atoms with E-state index in [1.54, 1.807) is 0 Å². The Morgan fingerprint density at radius 2 is 1.77 bits per heavy atom. The molecule has 6 heteroatoms. The molecule has 1 aliphatic heterocycles. The number of guanidine groups is 1. The first-order chi connectivity index (χ1) is 15.2. The number of hydrogen-bond donors (Lipinski definition) is 2. The number of carbonyl (C=O) groups excluding carboxylic acids is 1. The normalized spacial score (nSPS) is 16.4. The number of nitrogens with zero attached hydrogens (tertiary/aromatic N) is 2. The summed E-state index contributed by atoms with van der Waals surface area (Å²) in [7, 11) is 0. The van der Waals surface area contributed by atoms with Crippen molar-refractivity contribution in [1.29, 1.82) is 0 Å². The standard InChI is InChI=1S/C25H34N4O2/c1-3-26-24(30)23-12-10-20(11-13-23)16-28-25(27-4-2)29-15-14-22(17-29)19-31-18-21-8-6-5-7-9-21/h5-13,22H,3-4,14-19H2,1-2H3,(H,26,30)(H,27,28). The summed E-state index contributed by atoms with van der Waals surface area (Å²) in [6, 6.07) is 18.0. The Balaban J connectivity index is 1.50. The van der Waals surface area contributed by atoms with Crippen molar-refractivity contribution >= 4 is 11.9 Å². The van der Waals surface area contributed by atoms with Gasteiger partial charge in [0.05, 0.1) is 19.8 Å². The fraction of sp³-hybridized carbons (Fsp3) is 0.440. The molecule has 1 aliphatic rings. The first kappa shape index (κ1) is 22.8. The Hall–Kier alpha value is -2.86. The topological polar surface area (TPSA) is 66.0 Å². The summed E-state index contributed by atoms with van der Waals surface area (Å²) in [4.78, 5) is 19.1. The third-order valence-electron chi connectivity index (χ3n) is 5.35. The van der Waals surface area contributed by atoms with Crippen LogP contribution >= 0.6 is 0 Å². The summed E-state index contributed by atoms with van der Waals surface area (Å²) < 4.78 is 5.95. The minimum Gasteiger partial charge on any atom is -0.376 e. The second kappa shape index (κ2) is 12.1. The lowest BCUT2D eigenvalue weighted by Gasteiger charge is -2.21. The molecule has 1 amide bonds. The molecule has 31 heavy (non-hydrogen) atoms. The van der Waals surface area contributed by atoms with Crippen molar-refractivity contribution in [1.82, 2.24) is 15.5 Å². The van der Waals surface area contributed by atoms with Gasteiger partial charge in [-0.25, -0.2) is 4.99 Å². The molecule has 1 fully saturated rings. The zero-order valence-electron chi connectivity index (χ0n) is 18.6. The average Bonchev–Trinajstić information content (AvgIpc) is 3.26. The third kappa shape index (κ3) is 7.10. The number of rotatable bonds is 9. The maximum Gasteiger partial charge on any atom is 0.251 e. The van der Waals surface area contributed by atoms with E-state index in [1.807, 2.05) is 49.4 Å². The molecule has 1 atom stereocenters. The predicted octanol–water partition coefficient (Wildman–Crippen LogP) is 3.44. The largest absolute Gasteiger partial charge is 0.376 e. The van der Waals surface area contributed by atoms with Crippen LogP contribution in [0.1, 0.15) is 41.8 Å². The zero-order valence-corrected chi connectivity index (χ0v) is 18.6. The number of aliphatic imine (C=N–C) groups is 1. The number of hydrogen-bond acceptors (Lipinski definition) is 3. The fourth-order valence-electron chi connectivity index (χ4n) is 3.69. The second-order valence-corrected chi connectivity index (χ2v) is 7.83. The highest BCUT2D eigenvalue weighted by Gasteiger charge is 2.25. The Bertz CT molecular complexity index is 836. The maximum atomic E-state index is 11.9. The molecule has 0 radical (unpaired) electrons. The Morgan fingerprint density at radius 1 is 1.03 bits per heavy atom. The number of ether oxygens (including phenoxy) is 1. The van der Waals surface area contributed by atoms with Crippen LogP contribution in [-0.4, -0.2) is 49.6 Å². The molecule has 2 aromatic rings. The Labute approximate surface area is 185 Å². The van der Waals surface area contributed by atoms with Crippen LogP contribution in [0.4, 0.5) is 0 Å². The van der Waals surface area contributed by atoms with Gasteiger partial charge in [0.25, 0.3) is 5.91 Å². The van der Waals surface area contributed by atoms with E-state index < -0.39 is 0 Å². The Morgan fingerprint density at radius 3 is 2.48 bits per heavy atom. The molecule has 0 bridgehead atoms. The van der Waals surface area contributed by atoms with E-state index in [4.69, 9.17) is 9.73 Å². The smallest absolute Gasteiger partial charge is 0.251 e. The van der Waals surface area contributed by atoms with Gasteiger partial charge in [-0.1, -0.05) is 42.5 Å². The highest BCUT2D eigenvalue weighted by molar-refractivity contribution is 5.94. The molecule has 2 N–H and O–H groups in total. The number of benzene rings is 2. The summed E-state index contributed by atoms with van der Waals surface area (Å²) >= 11 is 0. The minimum absolute atomic E-state index is 0.0384. The molecule has 1 unspecified atom stereocenters. The van der Waals surface area contributed by atoms with Crippen LogP contribution in [-0.2, 0) is 17.9 Å². The second-order valence-electron chi connectivity index (χ2n) is 7.83. The number of carbonyl (C=O) groups is 1. The van der Waals surface area contributed by atoms with E-state index in [0.29, 0.717) is 31.2 Å². The van der Waals surface area contributed by atoms with Crippen LogP contribution in [0.25, 0.3) is 0 Å². The van der Waals surface area contributed by atoms with E-state index in [-0.39, 0.29) is 5.91 Å². The molecule has 0 saturated carbocycles. The summed E-state index contributed by atoms with van der Waals surface area (Å²) in [6.45, 7) is 9.44. The van der Waals surface area contributed by atoms with Gasteiger partial charge in [0.2, 0.25) is 0 Å². The predicted molar refractivity (Wildman–Crippen MR) is 125 cm³/mol. The van der Waals surface area contributed by atoms with E-state index in [0.717, 1.165) is 44.2 Å². The molecule has 0 aliphatic carbocycles. The molecule has 1 saturated heterocycles. The van der Waals surface area contributed by atoms with Gasteiger partial charge in [0.15, 0.2) is 5.96 Å². The van der Waals surface area contributed by atoms with Crippen molar-refractivity contribution in [2.75, 3.05) is 32.8 Å². The highest BCUT2D eigenvalue weighted by Crippen LogP contribution is 2.18. The van der Waals surface area contributed by atoms with Gasteiger partial charge in [0, 0.05) is 37.7 Å². The van der Waals surface area contributed by atoms with Crippen LogP contribution in [0.5, 0.6) is 0 Å². The molecular formula is C25H34N4O2. The molecule has 3 rings (SSSR count). The maximum absolute atomic E-state index is 11.9. The molecule has 0 aromatic heterocycles. The van der Waals surface area contributed by atoms with Gasteiger partial charge in [0.1, 0.15) is 0 Å². The lowest BCUT2D eigenvalue weighted by Crippen LogP contribution is -2.40. The van der Waals surface area contributed by atoms with Crippen molar-refractivity contribution in [3.63, 3.8) is 0 Å². The minimum atomic E-state index is -0.0384. The fourth-order valence-corrected chi connectivity index (χ4v) is 3.69. The summed E-state index contributed by atoms with van der Waals surface area (Å²) in [5.41, 5.74) is 2.98. The van der Waals surface area contributed by atoms with Crippen molar-refractivity contribution in [2.45, 2.75) is 33.4 Å². The molecule has 166 valence electrons. The van der Waals surface area contributed by atoms with Gasteiger partial charge < -0.3 is 20.3 Å². The zero-order chi connectivity index (χ0) is 21.9. The summed E-state index contributed by atoms with van der Waals surface area (Å²) in [5, 5.41) is 6.23. The van der Waals surface area contributed by atoms with Gasteiger partial charge in [-0.05, 0) is 43.5 Å². The van der Waals surface area contributed by atoms with Crippen molar-refractivity contribution < 1.29 is 9.53 Å². The lowest BCUT2D eigenvalue weighted by molar-refractivity contribution is 0.0906.